The summed E-state index contributed by atoms with van der Waals surface area (Å²) < 4.78 is 11.5. The van der Waals surface area contributed by atoms with Gasteiger partial charge in [-0.3, -0.25) is 9.59 Å². The molecule has 0 bridgehead atoms. The number of hydrogen-bond donors (Lipinski definition) is 0. The summed E-state index contributed by atoms with van der Waals surface area (Å²) in [6.45, 7) is 8.63. The molecule has 1 aromatic heterocycles. The molecule has 5 rings (SSSR count). The zero-order valence-corrected chi connectivity index (χ0v) is 21.4. The van der Waals surface area contributed by atoms with E-state index < -0.39 is 6.04 Å². The lowest BCUT2D eigenvalue weighted by Crippen LogP contribution is -2.31. The summed E-state index contributed by atoms with van der Waals surface area (Å²) in [7, 11) is 1.64. The van der Waals surface area contributed by atoms with Crippen LogP contribution in [-0.4, -0.2) is 24.5 Å². The topological polar surface area (TPSA) is 59.8 Å². The second-order valence-electron chi connectivity index (χ2n) is 9.95. The van der Waals surface area contributed by atoms with Crippen LogP contribution in [0.3, 0.4) is 0 Å². The maximum atomic E-state index is 13.9. The van der Waals surface area contributed by atoms with Crippen LogP contribution in [-0.2, 0) is 6.42 Å². The molecular formula is C31H31NO4. The minimum absolute atomic E-state index is 0.128. The lowest BCUT2D eigenvalue weighted by Gasteiger charge is -2.25. The molecule has 0 unspecified atom stereocenters. The number of aryl methyl sites for hydroxylation is 2. The average Bonchev–Trinajstić information content (AvgIpc) is 3.15. The van der Waals surface area contributed by atoms with E-state index >= 15 is 0 Å². The quantitative estimate of drug-likeness (QED) is 0.323. The van der Waals surface area contributed by atoms with E-state index in [4.69, 9.17) is 9.15 Å². The summed E-state index contributed by atoms with van der Waals surface area (Å²) in [5, 5.41) is 0.528. The van der Waals surface area contributed by atoms with Gasteiger partial charge in [0.05, 0.1) is 24.1 Å². The molecule has 0 N–H and O–H groups in total. The highest BCUT2D eigenvalue weighted by Crippen LogP contribution is 2.39. The van der Waals surface area contributed by atoms with Crippen LogP contribution in [0.1, 0.15) is 69.7 Å². The van der Waals surface area contributed by atoms with Gasteiger partial charge < -0.3 is 14.1 Å². The van der Waals surface area contributed by atoms with E-state index in [2.05, 4.69) is 26.0 Å². The summed E-state index contributed by atoms with van der Waals surface area (Å²) in [5.74, 6) is 1.10. The van der Waals surface area contributed by atoms with E-state index in [0.29, 0.717) is 35.4 Å². The van der Waals surface area contributed by atoms with Crippen molar-refractivity contribution in [3.8, 4) is 5.75 Å². The second-order valence-corrected chi connectivity index (χ2v) is 9.95. The van der Waals surface area contributed by atoms with Crippen molar-refractivity contribution in [2.75, 3.05) is 13.7 Å². The van der Waals surface area contributed by atoms with Gasteiger partial charge in [0, 0.05) is 6.54 Å². The molecule has 2 heterocycles. The molecule has 4 aromatic rings. The van der Waals surface area contributed by atoms with Gasteiger partial charge in [0.25, 0.3) is 5.91 Å². The Balaban J connectivity index is 1.62. The van der Waals surface area contributed by atoms with Gasteiger partial charge in [-0.1, -0.05) is 56.3 Å². The monoisotopic (exact) mass is 481 g/mol. The molecule has 1 amide bonds. The van der Waals surface area contributed by atoms with Gasteiger partial charge in [-0.2, -0.15) is 0 Å². The van der Waals surface area contributed by atoms with E-state index in [9.17, 15) is 9.59 Å². The molecule has 1 aliphatic heterocycles. The molecule has 3 aromatic carbocycles. The third-order valence-electron chi connectivity index (χ3n) is 7.12. The zero-order valence-electron chi connectivity index (χ0n) is 21.4. The van der Waals surface area contributed by atoms with E-state index in [0.717, 1.165) is 28.0 Å². The molecule has 1 aliphatic rings. The molecule has 0 saturated carbocycles. The highest BCUT2D eigenvalue weighted by atomic mass is 16.5. The molecule has 184 valence electrons. The SMILES string of the molecule is COc1ccc(CCN2C(=O)c3oc4c(C)cc(C)cc4c(=O)c3[C@H]2c2ccc(C(C)C)cc2)cc1. The number of benzene rings is 3. The van der Waals surface area contributed by atoms with Crippen molar-refractivity contribution in [2.24, 2.45) is 0 Å². The van der Waals surface area contributed by atoms with Crippen molar-refractivity contribution in [1.29, 1.82) is 0 Å². The first kappa shape index (κ1) is 23.9. The fraction of sp³-hybridized carbons (Fsp3) is 0.290. The van der Waals surface area contributed by atoms with E-state index in [-0.39, 0.29) is 17.1 Å². The van der Waals surface area contributed by atoms with Gasteiger partial charge in [-0.25, -0.2) is 0 Å². The van der Waals surface area contributed by atoms with Crippen molar-refractivity contribution in [3.05, 3.63) is 110 Å². The third-order valence-corrected chi connectivity index (χ3v) is 7.12. The van der Waals surface area contributed by atoms with Crippen LogP contribution in [0, 0.1) is 13.8 Å². The summed E-state index contributed by atoms with van der Waals surface area (Å²) >= 11 is 0. The van der Waals surface area contributed by atoms with Crippen LogP contribution in [0.5, 0.6) is 5.75 Å². The number of carbonyl (C=O) groups is 1. The first-order valence-corrected chi connectivity index (χ1v) is 12.4. The number of carbonyl (C=O) groups excluding carboxylic acids is 1. The van der Waals surface area contributed by atoms with Gasteiger partial charge >= 0.3 is 0 Å². The Labute approximate surface area is 211 Å². The molecule has 0 radical (unpaired) electrons. The largest absolute Gasteiger partial charge is 0.497 e. The van der Waals surface area contributed by atoms with Crippen molar-refractivity contribution < 1.29 is 13.9 Å². The molecular weight excluding hydrogens is 450 g/mol. The van der Waals surface area contributed by atoms with Crippen LogP contribution in [0.25, 0.3) is 11.0 Å². The van der Waals surface area contributed by atoms with E-state index in [1.54, 1.807) is 12.0 Å². The number of fused-ring (bicyclic) bond motifs is 2. The van der Waals surface area contributed by atoms with Crippen molar-refractivity contribution in [2.45, 2.75) is 46.1 Å². The fourth-order valence-electron chi connectivity index (χ4n) is 5.16. The summed E-state index contributed by atoms with van der Waals surface area (Å²) in [6.07, 6.45) is 0.649. The molecule has 36 heavy (non-hydrogen) atoms. The summed E-state index contributed by atoms with van der Waals surface area (Å²) in [4.78, 5) is 29.4. The van der Waals surface area contributed by atoms with Gasteiger partial charge in [0.1, 0.15) is 11.3 Å². The number of amides is 1. The molecule has 0 spiro atoms. The lowest BCUT2D eigenvalue weighted by atomic mass is 9.94. The smallest absolute Gasteiger partial charge is 0.290 e. The lowest BCUT2D eigenvalue weighted by molar-refractivity contribution is 0.0730. The maximum Gasteiger partial charge on any atom is 0.290 e. The van der Waals surface area contributed by atoms with Gasteiger partial charge in [-0.05, 0) is 72.2 Å². The molecule has 0 aliphatic carbocycles. The Morgan fingerprint density at radius 1 is 0.972 bits per heavy atom. The third kappa shape index (κ3) is 4.09. The summed E-state index contributed by atoms with van der Waals surface area (Å²) in [6, 6.07) is 19.4. The predicted octanol–water partition coefficient (Wildman–Crippen LogP) is 6.33. The first-order chi connectivity index (χ1) is 17.3. The Morgan fingerprint density at radius 2 is 1.67 bits per heavy atom. The fourth-order valence-corrected chi connectivity index (χ4v) is 5.16. The normalized spacial score (nSPS) is 15.1. The molecule has 0 saturated heterocycles. The van der Waals surface area contributed by atoms with Crippen molar-refractivity contribution >= 4 is 16.9 Å². The molecule has 5 heteroatoms. The highest BCUT2D eigenvalue weighted by Gasteiger charge is 2.42. The van der Waals surface area contributed by atoms with Gasteiger partial charge in [0.2, 0.25) is 5.76 Å². The van der Waals surface area contributed by atoms with Crippen molar-refractivity contribution in [3.63, 3.8) is 0 Å². The van der Waals surface area contributed by atoms with Crippen LogP contribution >= 0.6 is 0 Å². The molecule has 0 fully saturated rings. The minimum Gasteiger partial charge on any atom is -0.497 e. The maximum absolute atomic E-state index is 13.9. The average molecular weight is 482 g/mol. The van der Waals surface area contributed by atoms with Crippen molar-refractivity contribution in [1.82, 2.24) is 4.90 Å². The van der Waals surface area contributed by atoms with Gasteiger partial charge in [-0.15, -0.1) is 0 Å². The zero-order chi connectivity index (χ0) is 25.6. The van der Waals surface area contributed by atoms with Crippen LogP contribution in [0.2, 0.25) is 0 Å². The van der Waals surface area contributed by atoms with E-state index in [1.165, 1.54) is 5.56 Å². The summed E-state index contributed by atoms with van der Waals surface area (Å²) in [5.41, 5.74) is 5.86. The first-order valence-electron chi connectivity index (χ1n) is 12.4. The number of rotatable bonds is 6. The molecule has 5 nitrogen and oxygen atoms in total. The Kier molecular flexibility index (Phi) is 6.17. The Hall–Kier alpha value is -3.86. The minimum atomic E-state index is -0.492. The number of hydrogen-bond acceptors (Lipinski definition) is 4. The Morgan fingerprint density at radius 3 is 2.31 bits per heavy atom. The van der Waals surface area contributed by atoms with Crippen LogP contribution in [0.4, 0.5) is 0 Å². The number of nitrogens with zero attached hydrogens (tertiary/aromatic N) is 1. The van der Waals surface area contributed by atoms with E-state index in [1.807, 2.05) is 62.4 Å². The standard InChI is InChI=1S/C31H31NO4/c1-18(2)22-8-10-23(11-9-22)27-26-28(33)25-17-19(3)16-20(4)29(25)36-30(26)31(34)32(27)15-14-21-6-12-24(35-5)13-7-21/h6-13,16-18,27H,14-15H2,1-5H3/t27-/m1/s1. The number of ether oxygens (including phenoxy) is 1. The number of methoxy groups -OCH3 is 1. The Bertz CT molecular complexity index is 1500. The van der Waals surface area contributed by atoms with Crippen LogP contribution < -0.4 is 10.2 Å². The van der Waals surface area contributed by atoms with Crippen LogP contribution in [0.15, 0.2) is 69.9 Å². The van der Waals surface area contributed by atoms with Gasteiger partial charge in [0.15, 0.2) is 5.43 Å². The predicted molar refractivity (Wildman–Crippen MR) is 142 cm³/mol. The molecule has 1 atom stereocenters. The second kappa shape index (κ2) is 9.30. The highest BCUT2D eigenvalue weighted by molar-refractivity contribution is 5.99.